The lowest BCUT2D eigenvalue weighted by atomic mass is 10.2. The number of aryl methyl sites for hydroxylation is 1. The van der Waals surface area contributed by atoms with Gasteiger partial charge in [0, 0.05) is 12.7 Å². The van der Waals surface area contributed by atoms with Gasteiger partial charge >= 0.3 is 0 Å². The van der Waals surface area contributed by atoms with Gasteiger partial charge in [-0.2, -0.15) is 0 Å². The van der Waals surface area contributed by atoms with Crippen molar-refractivity contribution in [3.05, 3.63) is 52.9 Å². The van der Waals surface area contributed by atoms with Crippen molar-refractivity contribution in [2.75, 3.05) is 6.54 Å². The molecule has 1 amide bonds. The smallest absolute Gasteiger partial charge is 0.237 e. The molecule has 10 heteroatoms. The fourth-order valence-corrected chi connectivity index (χ4v) is 4.53. The van der Waals surface area contributed by atoms with Crippen molar-refractivity contribution in [3.63, 3.8) is 0 Å². The SMILES string of the molecule is Cc1ccc(S(=O)n2cc(Cl)c3nc(CNC(=O)C4CC(O)CN4)cnc32)cc1. The predicted octanol–water partition coefficient (Wildman–Crippen LogP) is 1.30. The number of hydrogen-bond acceptors (Lipinski definition) is 6. The van der Waals surface area contributed by atoms with Gasteiger partial charge in [0.25, 0.3) is 0 Å². The van der Waals surface area contributed by atoms with Gasteiger partial charge < -0.3 is 15.7 Å². The summed E-state index contributed by atoms with van der Waals surface area (Å²) in [6.07, 6.45) is 2.96. The maximum atomic E-state index is 12.9. The first-order valence-corrected chi connectivity index (χ1v) is 10.6. The molecule has 4 rings (SSSR count). The summed E-state index contributed by atoms with van der Waals surface area (Å²) in [5.41, 5.74) is 2.44. The summed E-state index contributed by atoms with van der Waals surface area (Å²) in [5, 5.41) is 15.6. The Balaban J connectivity index is 1.53. The average molecular weight is 434 g/mol. The van der Waals surface area contributed by atoms with Crippen LogP contribution in [0.3, 0.4) is 0 Å². The van der Waals surface area contributed by atoms with Crippen LogP contribution in [0.2, 0.25) is 5.02 Å². The topological polar surface area (TPSA) is 109 Å². The molecule has 152 valence electrons. The summed E-state index contributed by atoms with van der Waals surface area (Å²) in [5.74, 6) is -0.201. The van der Waals surface area contributed by atoms with Crippen LogP contribution < -0.4 is 10.6 Å². The number of rotatable bonds is 5. The Hall–Kier alpha value is -2.33. The molecular weight excluding hydrogens is 414 g/mol. The van der Waals surface area contributed by atoms with Gasteiger partial charge in [-0.05, 0) is 25.5 Å². The van der Waals surface area contributed by atoms with E-state index in [-0.39, 0.29) is 12.5 Å². The molecule has 3 atom stereocenters. The van der Waals surface area contributed by atoms with Crippen molar-refractivity contribution in [2.45, 2.75) is 36.9 Å². The molecule has 1 aromatic carbocycles. The largest absolute Gasteiger partial charge is 0.392 e. The van der Waals surface area contributed by atoms with Crippen molar-refractivity contribution in [1.29, 1.82) is 0 Å². The van der Waals surface area contributed by atoms with Crippen LogP contribution in [0.1, 0.15) is 17.7 Å². The van der Waals surface area contributed by atoms with Crippen molar-refractivity contribution in [3.8, 4) is 0 Å². The highest BCUT2D eigenvalue weighted by molar-refractivity contribution is 7.83. The molecule has 0 spiro atoms. The summed E-state index contributed by atoms with van der Waals surface area (Å²) in [6, 6.07) is 6.98. The van der Waals surface area contributed by atoms with Gasteiger partial charge in [-0.15, -0.1) is 0 Å². The molecule has 1 saturated heterocycles. The van der Waals surface area contributed by atoms with E-state index in [4.69, 9.17) is 11.6 Å². The molecule has 1 aliphatic rings. The van der Waals surface area contributed by atoms with E-state index < -0.39 is 23.1 Å². The Labute approximate surface area is 174 Å². The molecule has 0 radical (unpaired) electrons. The number of nitrogens with zero attached hydrogens (tertiary/aromatic N) is 3. The summed E-state index contributed by atoms with van der Waals surface area (Å²) in [4.78, 5) is 21.6. The molecule has 3 N–H and O–H groups in total. The van der Waals surface area contributed by atoms with Crippen molar-refractivity contribution in [2.24, 2.45) is 0 Å². The van der Waals surface area contributed by atoms with E-state index in [9.17, 15) is 14.1 Å². The lowest BCUT2D eigenvalue weighted by molar-refractivity contribution is -0.123. The number of halogens is 1. The quantitative estimate of drug-likeness (QED) is 0.559. The van der Waals surface area contributed by atoms with Crippen LogP contribution in [0.5, 0.6) is 0 Å². The van der Waals surface area contributed by atoms with Gasteiger partial charge in [0.15, 0.2) is 16.6 Å². The van der Waals surface area contributed by atoms with Crippen LogP contribution in [0.15, 0.2) is 41.6 Å². The number of amides is 1. The zero-order valence-corrected chi connectivity index (χ0v) is 17.2. The number of carbonyl (C=O) groups excluding carboxylic acids is 1. The highest BCUT2D eigenvalue weighted by atomic mass is 35.5. The van der Waals surface area contributed by atoms with Crippen LogP contribution in [-0.2, 0) is 22.3 Å². The highest BCUT2D eigenvalue weighted by Crippen LogP contribution is 2.25. The number of hydrogen-bond donors (Lipinski definition) is 3. The van der Waals surface area contributed by atoms with Gasteiger partial charge in [0.1, 0.15) is 5.52 Å². The number of aliphatic hydroxyl groups excluding tert-OH is 1. The number of aromatic nitrogens is 3. The number of fused-ring (bicyclic) bond motifs is 1. The molecule has 1 aliphatic heterocycles. The van der Waals surface area contributed by atoms with E-state index in [1.807, 2.05) is 19.1 Å². The minimum Gasteiger partial charge on any atom is -0.392 e. The van der Waals surface area contributed by atoms with Crippen molar-refractivity contribution >= 4 is 39.7 Å². The minimum absolute atomic E-state index is 0.179. The maximum absolute atomic E-state index is 12.9. The first-order valence-electron chi connectivity index (χ1n) is 9.13. The average Bonchev–Trinajstić information content (AvgIpc) is 3.30. The second-order valence-electron chi connectivity index (χ2n) is 6.97. The van der Waals surface area contributed by atoms with Crippen LogP contribution >= 0.6 is 11.6 Å². The summed E-state index contributed by atoms with van der Waals surface area (Å²) < 4.78 is 14.4. The van der Waals surface area contributed by atoms with Crippen molar-refractivity contribution < 1.29 is 14.1 Å². The Bertz CT molecular complexity index is 1090. The molecule has 3 aromatic rings. The molecular formula is C19H20ClN5O3S. The Morgan fingerprint density at radius 3 is 2.86 bits per heavy atom. The molecule has 3 unspecified atom stereocenters. The van der Waals surface area contributed by atoms with Crippen molar-refractivity contribution in [1.82, 2.24) is 24.6 Å². The Morgan fingerprint density at radius 2 is 2.17 bits per heavy atom. The minimum atomic E-state index is -1.50. The third-order valence-corrected chi connectivity index (χ3v) is 6.33. The van der Waals surface area contributed by atoms with E-state index in [0.29, 0.717) is 39.7 Å². The summed E-state index contributed by atoms with van der Waals surface area (Å²) in [6.45, 7) is 2.55. The van der Waals surface area contributed by atoms with Gasteiger partial charge in [-0.25, -0.2) is 18.1 Å². The van der Waals surface area contributed by atoms with Gasteiger partial charge in [0.05, 0.1) is 40.5 Å². The molecule has 0 aliphatic carbocycles. The third-order valence-electron chi connectivity index (χ3n) is 4.74. The summed E-state index contributed by atoms with van der Waals surface area (Å²) in [7, 11) is -1.50. The first-order chi connectivity index (χ1) is 13.9. The fraction of sp³-hybridized carbons (Fsp3) is 0.316. The number of β-amino-alcohol motifs (C(OH)–C–C–N with tert-alkyl or cyclic N) is 1. The third kappa shape index (κ3) is 4.18. The second kappa shape index (κ2) is 8.19. The van der Waals surface area contributed by atoms with E-state index in [2.05, 4.69) is 20.6 Å². The van der Waals surface area contributed by atoms with E-state index in [1.54, 1.807) is 18.3 Å². The van der Waals surface area contributed by atoms with Crippen LogP contribution in [0.4, 0.5) is 0 Å². The van der Waals surface area contributed by atoms with Gasteiger partial charge in [-0.1, -0.05) is 29.3 Å². The van der Waals surface area contributed by atoms with E-state index in [1.165, 1.54) is 10.2 Å². The number of benzene rings is 1. The Kier molecular flexibility index (Phi) is 5.64. The number of nitrogens with one attached hydrogen (secondary N) is 2. The number of aliphatic hydroxyl groups is 1. The second-order valence-corrected chi connectivity index (χ2v) is 8.74. The zero-order chi connectivity index (χ0) is 20.5. The molecule has 8 nitrogen and oxygen atoms in total. The van der Waals surface area contributed by atoms with Crippen LogP contribution in [-0.4, -0.2) is 47.9 Å². The first kappa shape index (κ1) is 20.0. The molecule has 1 fully saturated rings. The number of carbonyl (C=O) groups is 1. The van der Waals surface area contributed by atoms with Gasteiger partial charge in [-0.3, -0.25) is 4.79 Å². The van der Waals surface area contributed by atoms with Crippen LogP contribution in [0.25, 0.3) is 11.2 Å². The standard InChI is InChI=1S/C19H20ClN5O3S/c1-11-2-4-14(5-3-11)29(28)25-10-15(20)17-18(25)22-7-12(24-17)8-23-19(27)16-6-13(26)9-21-16/h2-5,7,10,13,16,21,26H,6,8-9H2,1H3,(H,23,27). The molecule has 2 aromatic heterocycles. The molecule has 0 saturated carbocycles. The van der Waals surface area contributed by atoms with E-state index >= 15 is 0 Å². The molecule has 3 heterocycles. The normalized spacial score (nSPS) is 20.1. The molecule has 0 bridgehead atoms. The highest BCUT2D eigenvalue weighted by Gasteiger charge is 2.27. The fourth-order valence-electron chi connectivity index (χ4n) is 3.16. The van der Waals surface area contributed by atoms with Crippen LogP contribution in [0, 0.1) is 6.92 Å². The van der Waals surface area contributed by atoms with E-state index in [0.717, 1.165) is 5.56 Å². The maximum Gasteiger partial charge on any atom is 0.237 e. The zero-order valence-electron chi connectivity index (χ0n) is 15.6. The molecule has 29 heavy (non-hydrogen) atoms. The van der Waals surface area contributed by atoms with Gasteiger partial charge in [0.2, 0.25) is 5.91 Å². The summed E-state index contributed by atoms with van der Waals surface area (Å²) >= 11 is 6.31. The predicted molar refractivity (Wildman–Crippen MR) is 110 cm³/mol. The Morgan fingerprint density at radius 1 is 1.41 bits per heavy atom. The lowest BCUT2D eigenvalue weighted by Gasteiger charge is -2.10. The lowest BCUT2D eigenvalue weighted by Crippen LogP contribution is -2.40. The monoisotopic (exact) mass is 433 g/mol.